The van der Waals surface area contributed by atoms with E-state index >= 15 is 0 Å². The molecular formula is C15H31NO. The molecule has 1 saturated carbocycles. The van der Waals surface area contributed by atoms with Gasteiger partial charge < -0.3 is 10.4 Å². The quantitative estimate of drug-likeness (QED) is 0.649. The van der Waals surface area contributed by atoms with E-state index in [0.717, 1.165) is 37.3 Å². The summed E-state index contributed by atoms with van der Waals surface area (Å²) in [4.78, 5) is 0. The lowest BCUT2D eigenvalue weighted by Crippen LogP contribution is -2.29. The molecule has 0 amide bonds. The summed E-state index contributed by atoms with van der Waals surface area (Å²) in [7, 11) is 0. The third-order valence-corrected chi connectivity index (χ3v) is 3.92. The number of rotatable bonds is 9. The van der Waals surface area contributed by atoms with E-state index in [4.69, 9.17) is 0 Å². The second-order valence-corrected chi connectivity index (χ2v) is 6.68. The Balaban J connectivity index is 1.95. The Labute approximate surface area is 107 Å². The molecule has 0 radical (unpaired) electrons. The van der Waals surface area contributed by atoms with Gasteiger partial charge in [0.1, 0.15) is 0 Å². The van der Waals surface area contributed by atoms with Crippen molar-refractivity contribution < 1.29 is 5.11 Å². The third-order valence-electron chi connectivity index (χ3n) is 3.92. The van der Waals surface area contributed by atoms with E-state index < -0.39 is 5.60 Å². The van der Waals surface area contributed by atoms with E-state index in [0.29, 0.717) is 0 Å². The molecule has 2 atom stereocenters. The summed E-state index contributed by atoms with van der Waals surface area (Å²) < 4.78 is 0. The molecule has 1 aliphatic rings. The maximum atomic E-state index is 9.64. The second-order valence-electron chi connectivity index (χ2n) is 6.68. The molecule has 102 valence electrons. The van der Waals surface area contributed by atoms with Crippen LogP contribution in [0.5, 0.6) is 0 Å². The molecule has 0 aromatic rings. The predicted octanol–water partition coefficient (Wildman–Crippen LogP) is 3.34. The highest BCUT2D eigenvalue weighted by molar-refractivity contribution is 4.83. The van der Waals surface area contributed by atoms with Crippen LogP contribution in [-0.2, 0) is 0 Å². The molecule has 0 unspecified atom stereocenters. The largest absolute Gasteiger partial charge is 0.390 e. The Morgan fingerprint density at radius 2 is 1.88 bits per heavy atom. The molecule has 1 rings (SSSR count). The fourth-order valence-corrected chi connectivity index (χ4v) is 2.35. The predicted molar refractivity (Wildman–Crippen MR) is 74.1 cm³/mol. The summed E-state index contributed by atoms with van der Waals surface area (Å²) in [6.07, 6.45) is 7.42. The lowest BCUT2D eigenvalue weighted by atomic mass is 9.95. The van der Waals surface area contributed by atoms with Crippen LogP contribution in [0.25, 0.3) is 0 Å². The van der Waals surface area contributed by atoms with Gasteiger partial charge in [0.05, 0.1) is 5.60 Å². The van der Waals surface area contributed by atoms with Crippen LogP contribution in [0.1, 0.15) is 66.2 Å². The van der Waals surface area contributed by atoms with Crippen LogP contribution >= 0.6 is 0 Å². The number of nitrogens with one attached hydrogen (secondary N) is 1. The van der Waals surface area contributed by atoms with E-state index in [2.05, 4.69) is 19.2 Å². The maximum Gasteiger partial charge on any atom is 0.0591 e. The van der Waals surface area contributed by atoms with Crippen LogP contribution in [0.3, 0.4) is 0 Å². The topological polar surface area (TPSA) is 32.3 Å². The highest BCUT2D eigenvalue weighted by atomic mass is 16.3. The molecule has 2 N–H and O–H groups in total. The maximum absolute atomic E-state index is 9.64. The van der Waals surface area contributed by atoms with Gasteiger partial charge in [-0.2, -0.15) is 0 Å². The molecule has 17 heavy (non-hydrogen) atoms. The van der Waals surface area contributed by atoms with E-state index in [-0.39, 0.29) is 0 Å². The van der Waals surface area contributed by atoms with Crippen LogP contribution in [0, 0.1) is 11.8 Å². The summed E-state index contributed by atoms with van der Waals surface area (Å²) >= 11 is 0. The summed E-state index contributed by atoms with van der Waals surface area (Å²) in [5.41, 5.74) is -0.488. The first-order valence-electron chi connectivity index (χ1n) is 7.34. The zero-order valence-electron chi connectivity index (χ0n) is 12.1. The van der Waals surface area contributed by atoms with Crippen LogP contribution in [0.4, 0.5) is 0 Å². The van der Waals surface area contributed by atoms with Gasteiger partial charge in [0.15, 0.2) is 0 Å². The summed E-state index contributed by atoms with van der Waals surface area (Å²) in [5.74, 6) is 1.73. The van der Waals surface area contributed by atoms with Gasteiger partial charge in [-0.3, -0.25) is 0 Å². The first-order chi connectivity index (χ1) is 7.88. The molecule has 1 aliphatic carbocycles. The molecule has 0 heterocycles. The Kier molecular flexibility index (Phi) is 5.94. The van der Waals surface area contributed by atoms with Crippen molar-refractivity contribution in [2.75, 3.05) is 6.54 Å². The third kappa shape index (κ3) is 7.77. The van der Waals surface area contributed by atoms with Crippen molar-refractivity contribution in [2.45, 2.75) is 77.9 Å². The van der Waals surface area contributed by atoms with Gasteiger partial charge in [0, 0.05) is 6.04 Å². The van der Waals surface area contributed by atoms with E-state index in [1.165, 1.54) is 25.7 Å². The number of aliphatic hydroxyl groups is 1. The molecule has 2 heteroatoms. The fraction of sp³-hybridized carbons (Fsp3) is 1.00. The molecule has 2 nitrogen and oxygen atoms in total. The summed E-state index contributed by atoms with van der Waals surface area (Å²) in [6, 6.07) is 0.721. The van der Waals surface area contributed by atoms with Gasteiger partial charge in [0.25, 0.3) is 0 Å². The molecule has 0 aromatic heterocycles. The average Bonchev–Trinajstić information content (AvgIpc) is 2.98. The van der Waals surface area contributed by atoms with Crippen molar-refractivity contribution in [3.05, 3.63) is 0 Å². The normalized spacial score (nSPS) is 20.3. The Bertz CT molecular complexity index is 205. The average molecular weight is 241 g/mol. The Hall–Kier alpha value is -0.0800. The van der Waals surface area contributed by atoms with Gasteiger partial charge in [-0.25, -0.2) is 0 Å². The highest BCUT2D eigenvalue weighted by Crippen LogP contribution is 2.32. The Morgan fingerprint density at radius 3 is 2.41 bits per heavy atom. The minimum atomic E-state index is -0.488. The molecular weight excluding hydrogens is 210 g/mol. The van der Waals surface area contributed by atoms with E-state index in [1.807, 2.05) is 13.8 Å². The van der Waals surface area contributed by atoms with Gasteiger partial charge in [-0.1, -0.05) is 19.8 Å². The second kappa shape index (κ2) is 6.75. The van der Waals surface area contributed by atoms with Crippen molar-refractivity contribution in [2.24, 2.45) is 11.8 Å². The van der Waals surface area contributed by atoms with Crippen LogP contribution in [0.15, 0.2) is 0 Å². The first-order valence-corrected chi connectivity index (χ1v) is 7.34. The zero-order valence-corrected chi connectivity index (χ0v) is 12.1. The Morgan fingerprint density at radius 1 is 1.24 bits per heavy atom. The first kappa shape index (κ1) is 15.0. The monoisotopic (exact) mass is 241 g/mol. The number of hydrogen-bond acceptors (Lipinski definition) is 2. The van der Waals surface area contributed by atoms with Gasteiger partial charge in [0.2, 0.25) is 0 Å². The van der Waals surface area contributed by atoms with Crippen molar-refractivity contribution >= 4 is 0 Å². The van der Waals surface area contributed by atoms with Gasteiger partial charge >= 0.3 is 0 Å². The van der Waals surface area contributed by atoms with E-state index in [9.17, 15) is 5.11 Å². The molecule has 0 bridgehead atoms. The minimum absolute atomic E-state index is 0.488. The smallest absolute Gasteiger partial charge is 0.0591 e. The minimum Gasteiger partial charge on any atom is -0.390 e. The van der Waals surface area contributed by atoms with Crippen LogP contribution in [-0.4, -0.2) is 23.3 Å². The van der Waals surface area contributed by atoms with Crippen molar-refractivity contribution in [3.8, 4) is 0 Å². The van der Waals surface area contributed by atoms with Crippen molar-refractivity contribution in [1.29, 1.82) is 0 Å². The van der Waals surface area contributed by atoms with Gasteiger partial charge in [-0.05, 0) is 64.8 Å². The van der Waals surface area contributed by atoms with Gasteiger partial charge in [-0.15, -0.1) is 0 Å². The fourth-order valence-electron chi connectivity index (χ4n) is 2.35. The number of hydrogen-bond donors (Lipinski definition) is 2. The van der Waals surface area contributed by atoms with Crippen molar-refractivity contribution in [3.63, 3.8) is 0 Å². The standard InChI is InChI=1S/C15H31NO/c1-12(6-5-10-15(3,4)17)9-11-16-13(2)14-7-8-14/h12-14,16-17H,5-11H2,1-4H3/t12-,13+/m1/s1. The van der Waals surface area contributed by atoms with Crippen LogP contribution in [0.2, 0.25) is 0 Å². The molecule has 0 spiro atoms. The lowest BCUT2D eigenvalue weighted by molar-refractivity contribution is 0.0669. The molecule has 0 aliphatic heterocycles. The highest BCUT2D eigenvalue weighted by Gasteiger charge is 2.27. The molecule has 1 fully saturated rings. The summed E-state index contributed by atoms with van der Waals surface area (Å²) in [5, 5.41) is 13.3. The summed E-state index contributed by atoms with van der Waals surface area (Å²) in [6.45, 7) is 9.60. The van der Waals surface area contributed by atoms with E-state index in [1.54, 1.807) is 0 Å². The lowest BCUT2D eigenvalue weighted by Gasteiger charge is -2.19. The SMILES string of the molecule is C[C@H](CCCC(C)(C)O)CCN[C@@H](C)C1CC1. The van der Waals surface area contributed by atoms with Crippen LogP contribution < -0.4 is 5.32 Å². The molecule has 0 aromatic carbocycles. The molecule has 0 saturated heterocycles. The van der Waals surface area contributed by atoms with Crippen molar-refractivity contribution in [1.82, 2.24) is 5.32 Å². The zero-order chi connectivity index (χ0) is 12.9.